The summed E-state index contributed by atoms with van der Waals surface area (Å²) in [7, 11) is -3.21. The summed E-state index contributed by atoms with van der Waals surface area (Å²) in [5.74, 6) is 0.0548. The van der Waals surface area contributed by atoms with Crippen molar-refractivity contribution in [2.75, 3.05) is 26.0 Å². The minimum absolute atomic E-state index is 0.0138. The average Bonchev–Trinajstić information content (AvgIpc) is 2.82. The van der Waals surface area contributed by atoms with Crippen molar-refractivity contribution >= 4 is 15.9 Å². The van der Waals surface area contributed by atoms with Crippen LogP contribution in [0.25, 0.3) is 0 Å². The van der Waals surface area contributed by atoms with Crippen molar-refractivity contribution in [3.63, 3.8) is 0 Å². The highest BCUT2D eigenvalue weighted by molar-refractivity contribution is 7.88. The molecular formula is C15H24N4O4S. The second kappa shape index (κ2) is 7.20. The van der Waals surface area contributed by atoms with Gasteiger partial charge in [-0.05, 0) is 25.3 Å². The zero-order valence-corrected chi connectivity index (χ0v) is 14.7. The highest BCUT2D eigenvalue weighted by Crippen LogP contribution is 2.17. The van der Waals surface area contributed by atoms with E-state index in [0.29, 0.717) is 39.4 Å². The third-order valence-electron chi connectivity index (χ3n) is 4.53. The Bertz CT molecular complexity index is 694. The molecule has 1 aromatic heterocycles. The van der Waals surface area contributed by atoms with Crippen LogP contribution in [0.2, 0.25) is 0 Å². The van der Waals surface area contributed by atoms with Gasteiger partial charge in [0.15, 0.2) is 0 Å². The number of nitrogens with one attached hydrogen (secondary N) is 1. The number of sulfonamides is 1. The maximum Gasteiger partial charge on any atom is 0.223 e. The van der Waals surface area contributed by atoms with Crippen LogP contribution in [0.5, 0.6) is 0 Å². The van der Waals surface area contributed by atoms with Crippen LogP contribution in [-0.2, 0) is 39.2 Å². The molecule has 0 radical (unpaired) electrons. The lowest BCUT2D eigenvalue weighted by Crippen LogP contribution is -2.34. The molecule has 134 valence electrons. The topological polar surface area (TPSA) is 93.5 Å². The molecule has 0 spiro atoms. The van der Waals surface area contributed by atoms with Gasteiger partial charge < -0.3 is 10.1 Å². The number of carbonyl (C=O) groups is 1. The smallest absolute Gasteiger partial charge is 0.223 e. The quantitative estimate of drug-likeness (QED) is 0.825. The molecule has 2 aliphatic heterocycles. The molecule has 3 heterocycles. The monoisotopic (exact) mass is 356 g/mol. The number of nitrogens with zero attached hydrogens (tertiary/aromatic N) is 3. The number of ether oxygens (including phenoxy) is 1. The molecular weight excluding hydrogens is 332 g/mol. The van der Waals surface area contributed by atoms with Gasteiger partial charge in [0, 0.05) is 32.2 Å². The summed E-state index contributed by atoms with van der Waals surface area (Å²) in [6.45, 7) is 3.18. The molecule has 1 saturated heterocycles. The molecule has 2 aliphatic rings. The van der Waals surface area contributed by atoms with Crippen molar-refractivity contribution in [1.29, 1.82) is 0 Å². The highest BCUT2D eigenvalue weighted by atomic mass is 32.2. The van der Waals surface area contributed by atoms with Gasteiger partial charge in [-0.2, -0.15) is 9.40 Å². The predicted octanol–water partition coefficient (Wildman–Crippen LogP) is 0.0912. The molecule has 0 aliphatic carbocycles. The molecule has 1 fully saturated rings. The van der Waals surface area contributed by atoms with Crippen LogP contribution in [0.15, 0.2) is 6.07 Å². The van der Waals surface area contributed by atoms with Crippen LogP contribution in [0.4, 0.5) is 0 Å². The Morgan fingerprint density at radius 3 is 2.83 bits per heavy atom. The first-order chi connectivity index (χ1) is 11.4. The molecule has 1 aromatic rings. The van der Waals surface area contributed by atoms with Gasteiger partial charge in [0.05, 0.1) is 30.7 Å². The zero-order valence-electron chi connectivity index (χ0n) is 13.9. The van der Waals surface area contributed by atoms with E-state index < -0.39 is 10.0 Å². The molecule has 0 aromatic carbocycles. The largest absolute Gasteiger partial charge is 0.381 e. The lowest BCUT2D eigenvalue weighted by atomic mass is 9.99. The number of hydrogen-bond donors (Lipinski definition) is 1. The number of carbonyl (C=O) groups excluding carboxylic acids is 1. The molecule has 9 heteroatoms. The predicted molar refractivity (Wildman–Crippen MR) is 87.5 cm³/mol. The van der Waals surface area contributed by atoms with Gasteiger partial charge in [-0.3, -0.25) is 9.48 Å². The number of hydrogen-bond acceptors (Lipinski definition) is 5. The third-order valence-corrected chi connectivity index (χ3v) is 5.78. The van der Waals surface area contributed by atoms with Crippen LogP contribution in [0.3, 0.4) is 0 Å². The Kier molecular flexibility index (Phi) is 5.21. The molecule has 0 bridgehead atoms. The molecule has 0 saturated carbocycles. The summed E-state index contributed by atoms with van der Waals surface area (Å²) in [5.41, 5.74) is 1.63. The minimum Gasteiger partial charge on any atom is -0.381 e. The number of amides is 1. The second-order valence-electron chi connectivity index (χ2n) is 6.40. The van der Waals surface area contributed by atoms with E-state index >= 15 is 0 Å². The summed E-state index contributed by atoms with van der Waals surface area (Å²) in [6.07, 6.45) is 3.48. The van der Waals surface area contributed by atoms with Gasteiger partial charge in [-0.25, -0.2) is 8.42 Å². The van der Waals surface area contributed by atoms with Crippen molar-refractivity contribution in [2.24, 2.45) is 5.92 Å². The lowest BCUT2D eigenvalue weighted by molar-refractivity contribution is -0.128. The van der Waals surface area contributed by atoms with Gasteiger partial charge in [0.1, 0.15) is 0 Å². The molecule has 8 nitrogen and oxygen atoms in total. The molecule has 24 heavy (non-hydrogen) atoms. The minimum atomic E-state index is -3.21. The van der Waals surface area contributed by atoms with E-state index in [0.717, 1.165) is 30.7 Å². The van der Waals surface area contributed by atoms with Crippen molar-refractivity contribution in [3.8, 4) is 0 Å². The van der Waals surface area contributed by atoms with Crippen molar-refractivity contribution in [3.05, 3.63) is 17.5 Å². The van der Waals surface area contributed by atoms with E-state index in [1.165, 1.54) is 10.6 Å². The summed E-state index contributed by atoms with van der Waals surface area (Å²) < 4.78 is 32.1. The molecule has 1 N–H and O–H groups in total. The van der Waals surface area contributed by atoms with Crippen LogP contribution in [-0.4, -0.2) is 54.4 Å². The van der Waals surface area contributed by atoms with Gasteiger partial charge in [-0.15, -0.1) is 0 Å². The second-order valence-corrected chi connectivity index (χ2v) is 8.39. The number of fused-ring (bicyclic) bond motifs is 1. The maximum atomic E-state index is 12.2. The summed E-state index contributed by atoms with van der Waals surface area (Å²) in [6, 6.07) is 1.88. The first-order valence-corrected chi connectivity index (χ1v) is 10.1. The third kappa shape index (κ3) is 4.14. The summed E-state index contributed by atoms with van der Waals surface area (Å²) in [5, 5.41) is 7.43. The highest BCUT2D eigenvalue weighted by Gasteiger charge is 2.24. The Labute approximate surface area is 142 Å². The van der Waals surface area contributed by atoms with Gasteiger partial charge in [0.2, 0.25) is 15.9 Å². The molecule has 0 atom stereocenters. The van der Waals surface area contributed by atoms with Crippen LogP contribution in [0.1, 0.15) is 30.7 Å². The van der Waals surface area contributed by atoms with Crippen LogP contribution in [0, 0.1) is 5.92 Å². The molecule has 0 unspecified atom stereocenters. The Balaban J connectivity index is 1.61. The van der Waals surface area contributed by atoms with Crippen LogP contribution < -0.4 is 5.32 Å². The van der Waals surface area contributed by atoms with Crippen LogP contribution >= 0.6 is 0 Å². The maximum absolute atomic E-state index is 12.2. The molecule has 3 rings (SSSR count). The molecule has 1 amide bonds. The average molecular weight is 356 g/mol. The summed E-state index contributed by atoms with van der Waals surface area (Å²) in [4.78, 5) is 12.2. The normalized spacial score (nSPS) is 20.4. The van der Waals surface area contributed by atoms with E-state index in [9.17, 15) is 13.2 Å². The number of rotatable bonds is 4. The fourth-order valence-corrected chi connectivity index (χ4v) is 3.97. The number of aromatic nitrogens is 2. The van der Waals surface area contributed by atoms with Crippen molar-refractivity contribution in [1.82, 2.24) is 19.4 Å². The van der Waals surface area contributed by atoms with Gasteiger partial charge in [-0.1, -0.05) is 0 Å². The summed E-state index contributed by atoms with van der Waals surface area (Å²) >= 11 is 0. The van der Waals surface area contributed by atoms with Crippen molar-refractivity contribution < 1.29 is 17.9 Å². The van der Waals surface area contributed by atoms with E-state index in [-0.39, 0.29) is 11.8 Å². The SMILES string of the molecule is CS(=O)(=O)N1CCCn2nc(CNC(=O)C3CCOCC3)cc2C1. The van der Waals surface area contributed by atoms with E-state index in [1.54, 1.807) is 0 Å². The van der Waals surface area contributed by atoms with E-state index in [4.69, 9.17) is 4.74 Å². The lowest BCUT2D eigenvalue weighted by Gasteiger charge is -2.20. The first kappa shape index (κ1) is 17.4. The van der Waals surface area contributed by atoms with E-state index in [2.05, 4.69) is 10.4 Å². The zero-order chi connectivity index (χ0) is 17.2. The fourth-order valence-electron chi connectivity index (χ4n) is 3.14. The first-order valence-electron chi connectivity index (χ1n) is 8.29. The fraction of sp³-hybridized carbons (Fsp3) is 0.733. The standard InChI is InChI=1S/C15H24N4O4S/c1-24(21,22)18-5-2-6-19-14(11-18)9-13(17-19)10-16-15(20)12-3-7-23-8-4-12/h9,12H,2-8,10-11H2,1H3,(H,16,20). The van der Waals surface area contributed by atoms with E-state index in [1.807, 2.05) is 10.7 Å². The Morgan fingerprint density at radius 2 is 2.12 bits per heavy atom. The van der Waals surface area contributed by atoms with Gasteiger partial charge in [0.25, 0.3) is 0 Å². The number of aryl methyl sites for hydroxylation is 1. The van der Waals surface area contributed by atoms with Crippen molar-refractivity contribution in [2.45, 2.75) is 38.9 Å². The Morgan fingerprint density at radius 1 is 1.38 bits per heavy atom. The van der Waals surface area contributed by atoms with Gasteiger partial charge >= 0.3 is 0 Å². The Hall–Kier alpha value is -1.45.